The number of hydrogen-bond acceptors (Lipinski definition) is 9. The highest BCUT2D eigenvalue weighted by Crippen LogP contribution is 2.39. The smallest absolute Gasteiger partial charge is 0.416 e. The number of carbonyl (C=O) groups is 2. The van der Waals surface area contributed by atoms with Crippen molar-refractivity contribution in [2.24, 2.45) is 0 Å². The van der Waals surface area contributed by atoms with Crippen LogP contribution in [0.25, 0.3) is 11.0 Å². The Morgan fingerprint density at radius 1 is 1.02 bits per heavy atom. The van der Waals surface area contributed by atoms with Gasteiger partial charge < -0.3 is 24.1 Å². The van der Waals surface area contributed by atoms with Crippen LogP contribution in [0.5, 0.6) is 11.5 Å². The van der Waals surface area contributed by atoms with Gasteiger partial charge in [0.2, 0.25) is 0 Å². The van der Waals surface area contributed by atoms with Crippen LogP contribution in [0.3, 0.4) is 0 Å². The minimum atomic E-state index is -0.451. The molecule has 1 aliphatic carbocycles. The number of rotatable bonds is 8. The normalized spacial score (nSPS) is 21.1. The molecule has 1 aromatic carbocycles. The monoisotopic (exact) mass is 596 g/mol. The molecule has 12 nitrogen and oxygen atoms in total. The van der Waals surface area contributed by atoms with Gasteiger partial charge in [-0.25, -0.2) is 9.78 Å². The van der Waals surface area contributed by atoms with Gasteiger partial charge in [0.1, 0.15) is 17.7 Å². The molecule has 226 valence electrons. The third-order valence-corrected chi connectivity index (χ3v) is 8.54. The summed E-state index contributed by atoms with van der Waals surface area (Å²) in [7, 11) is 1.61. The highest BCUT2D eigenvalue weighted by atomic mass is 16.6. The number of ether oxygens (including phenoxy) is 3. The third kappa shape index (κ3) is 5.21. The van der Waals surface area contributed by atoms with Gasteiger partial charge in [-0.15, -0.1) is 0 Å². The quantitative estimate of drug-likeness (QED) is 0.326. The molecular formula is C32H32N6O6. The molecule has 44 heavy (non-hydrogen) atoms. The summed E-state index contributed by atoms with van der Waals surface area (Å²) >= 11 is 0. The predicted molar refractivity (Wildman–Crippen MR) is 162 cm³/mol. The van der Waals surface area contributed by atoms with Crippen LogP contribution in [0, 0.1) is 0 Å². The molecule has 2 fully saturated rings. The number of aromatic nitrogens is 3. The lowest BCUT2D eigenvalue weighted by Gasteiger charge is -2.34. The van der Waals surface area contributed by atoms with Crippen molar-refractivity contribution in [3.05, 3.63) is 82.8 Å². The van der Waals surface area contributed by atoms with Gasteiger partial charge in [0.15, 0.2) is 18.2 Å². The number of methoxy groups -OCH3 is 1. The molecule has 0 bridgehead atoms. The van der Waals surface area contributed by atoms with Gasteiger partial charge in [-0.05, 0) is 60.9 Å². The molecule has 1 saturated heterocycles. The van der Waals surface area contributed by atoms with Gasteiger partial charge in [-0.1, -0.05) is 12.1 Å². The van der Waals surface area contributed by atoms with Gasteiger partial charge in [0, 0.05) is 37.8 Å². The number of hydrogen-bond donors (Lipinski definition) is 1. The zero-order chi connectivity index (χ0) is 30.2. The Morgan fingerprint density at radius 3 is 2.73 bits per heavy atom. The fourth-order valence-electron chi connectivity index (χ4n) is 6.32. The van der Waals surface area contributed by atoms with Crippen molar-refractivity contribution in [3.8, 4) is 11.5 Å². The molecule has 1 saturated carbocycles. The summed E-state index contributed by atoms with van der Waals surface area (Å²) in [6.07, 6.45) is 3.16. The van der Waals surface area contributed by atoms with Crippen molar-refractivity contribution in [2.75, 3.05) is 30.1 Å². The molecule has 0 unspecified atom stereocenters. The zero-order valence-corrected chi connectivity index (χ0v) is 24.2. The summed E-state index contributed by atoms with van der Waals surface area (Å²) < 4.78 is 18.5. The maximum Gasteiger partial charge on any atom is 0.416 e. The molecule has 2 aliphatic heterocycles. The number of carbonyl (C=O) groups excluding carboxylic acids is 2. The number of pyridine rings is 3. The zero-order valence-electron chi connectivity index (χ0n) is 24.2. The summed E-state index contributed by atoms with van der Waals surface area (Å²) in [6.45, 7) is 1.32. The van der Waals surface area contributed by atoms with Crippen LogP contribution < -0.4 is 30.1 Å². The van der Waals surface area contributed by atoms with Gasteiger partial charge in [0.25, 0.3) is 11.5 Å². The Hall–Kier alpha value is -4.97. The first-order valence-corrected chi connectivity index (χ1v) is 14.7. The van der Waals surface area contributed by atoms with E-state index in [4.69, 9.17) is 19.2 Å². The second-order valence-corrected chi connectivity index (χ2v) is 11.2. The molecule has 1 N–H and O–H groups in total. The second kappa shape index (κ2) is 11.6. The van der Waals surface area contributed by atoms with Gasteiger partial charge in [-0.3, -0.25) is 24.4 Å². The van der Waals surface area contributed by atoms with E-state index in [0.717, 1.165) is 35.2 Å². The minimum absolute atomic E-state index is 0.0661. The third-order valence-electron chi connectivity index (χ3n) is 8.54. The molecule has 5 heterocycles. The van der Waals surface area contributed by atoms with Crippen LogP contribution in [0.4, 0.5) is 16.4 Å². The number of fused-ring (bicyclic) bond motifs is 3. The fraction of sp³-hybridized carbons (Fsp3) is 0.344. The molecule has 4 aromatic rings. The maximum atomic E-state index is 13.1. The Labute approximate surface area is 253 Å². The fourth-order valence-corrected chi connectivity index (χ4v) is 6.32. The lowest BCUT2D eigenvalue weighted by molar-refractivity contribution is -0.121. The summed E-state index contributed by atoms with van der Waals surface area (Å²) in [6, 6.07) is 18.0. The predicted octanol–water partition coefficient (Wildman–Crippen LogP) is 3.26. The Kier molecular flexibility index (Phi) is 7.34. The standard InChI is InChI=1S/C32H32N6O6/c1-42-22-7-4-20(5-8-22)18-37-30(40)19-43-26-11-12-28(35-31(26)37)38-25-10-6-21(17-27(25)44-32(38)41)33-15-16-36-24-3-2-14-34-23(24)9-13-29(36)39/h2-5,7-9,11-14,21,25,27,33H,6,10,15-19H2,1H3/t21-,25-,27-/m0/s1. The lowest BCUT2D eigenvalue weighted by atomic mass is 9.88. The molecular weight excluding hydrogens is 564 g/mol. The summed E-state index contributed by atoms with van der Waals surface area (Å²) in [5.41, 5.74) is 2.43. The molecule has 3 atom stereocenters. The Bertz CT molecular complexity index is 1780. The Morgan fingerprint density at radius 2 is 1.89 bits per heavy atom. The van der Waals surface area contributed by atoms with Gasteiger partial charge in [-0.2, -0.15) is 0 Å². The van der Waals surface area contributed by atoms with E-state index in [1.165, 1.54) is 0 Å². The van der Waals surface area contributed by atoms with Crippen LogP contribution in [-0.2, 0) is 22.6 Å². The van der Waals surface area contributed by atoms with Crippen LogP contribution in [0.1, 0.15) is 24.8 Å². The first-order valence-electron chi connectivity index (χ1n) is 14.7. The van der Waals surface area contributed by atoms with Crippen molar-refractivity contribution in [1.82, 2.24) is 19.9 Å². The first-order chi connectivity index (χ1) is 21.5. The van der Waals surface area contributed by atoms with Crippen molar-refractivity contribution >= 4 is 34.7 Å². The van der Waals surface area contributed by atoms with E-state index < -0.39 is 6.09 Å². The van der Waals surface area contributed by atoms with Crippen LogP contribution in [-0.4, -0.2) is 65.0 Å². The van der Waals surface area contributed by atoms with Crippen molar-refractivity contribution in [1.29, 1.82) is 0 Å². The van der Waals surface area contributed by atoms with E-state index in [-0.39, 0.29) is 36.3 Å². The lowest BCUT2D eigenvalue weighted by Crippen LogP contribution is -2.47. The first kappa shape index (κ1) is 27.8. The number of nitrogens with zero attached hydrogens (tertiary/aromatic N) is 5. The highest BCUT2D eigenvalue weighted by molar-refractivity contribution is 5.97. The average molecular weight is 597 g/mol. The van der Waals surface area contributed by atoms with Crippen LogP contribution in [0.15, 0.2) is 71.7 Å². The molecule has 3 aromatic heterocycles. The van der Waals surface area contributed by atoms with Gasteiger partial charge >= 0.3 is 6.09 Å². The summed E-state index contributed by atoms with van der Waals surface area (Å²) in [5, 5.41) is 3.55. The number of amides is 2. The molecule has 0 radical (unpaired) electrons. The number of nitrogens with one attached hydrogen (secondary N) is 1. The summed E-state index contributed by atoms with van der Waals surface area (Å²) in [5.74, 6) is 1.80. The van der Waals surface area contributed by atoms with Crippen LogP contribution in [0.2, 0.25) is 0 Å². The Balaban J connectivity index is 1.03. The van der Waals surface area contributed by atoms with Crippen molar-refractivity contribution < 1.29 is 23.8 Å². The van der Waals surface area contributed by atoms with Crippen LogP contribution >= 0.6 is 0 Å². The van der Waals surface area contributed by atoms with E-state index >= 15 is 0 Å². The SMILES string of the molecule is COc1ccc(CN2C(=O)COc3ccc(N4C(=O)O[C@H]5C[C@@H](NCCn6c(=O)ccc7ncccc76)CC[C@@H]54)nc32)cc1. The van der Waals surface area contributed by atoms with E-state index in [1.807, 2.05) is 36.4 Å². The van der Waals surface area contributed by atoms with E-state index in [9.17, 15) is 14.4 Å². The van der Waals surface area contributed by atoms with Crippen molar-refractivity contribution in [3.63, 3.8) is 0 Å². The van der Waals surface area contributed by atoms with E-state index in [0.29, 0.717) is 43.4 Å². The maximum absolute atomic E-state index is 13.1. The average Bonchev–Trinajstić information content (AvgIpc) is 3.38. The second-order valence-electron chi connectivity index (χ2n) is 11.2. The molecule has 0 spiro atoms. The summed E-state index contributed by atoms with van der Waals surface area (Å²) in [4.78, 5) is 50.9. The molecule has 2 amide bonds. The topological polar surface area (TPSA) is 128 Å². The number of anilines is 2. The number of benzene rings is 1. The minimum Gasteiger partial charge on any atom is -0.497 e. The molecule has 12 heteroatoms. The largest absolute Gasteiger partial charge is 0.497 e. The molecule has 7 rings (SSSR count). The van der Waals surface area contributed by atoms with E-state index in [1.54, 1.807) is 51.9 Å². The van der Waals surface area contributed by atoms with E-state index in [2.05, 4.69) is 10.3 Å². The highest BCUT2D eigenvalue weighted by Gasteiger charge is 2.47. The van der Waals surface area contributed by atoms with Crippen molar-refractivity contribution in [2.45, 2.75) is 50.5 Å². The molecule has 3 aliphatic rings. The van der Waals surface area contributed by atoms with Gasteiger partial charge in [0.05, 0.1) is 30.7 Å².